The molecule has 3 aromatic rings. The summed E-state index contributed by atoms with van der Waals surface area (Å²) < 4.78 is 1.61. The van der Waals surface area contributed by atoms with Gasteiger partial charge in [-0.05, 0) is 31.2 Å². The number of piperazine rings is 1. The van der Waals surface area contributed by atoms with Gasteiger partial charge >= 0.3 is 0 Å². The number of hydrogen-bond acceptors (Lipinski definition) is 5. The molecule has 6 heteroatoms. The van der Waals surface area contributed by atoms with Crippen LogP contribution in [-0.4, -0.2) is 40.5 Å². The monoisotopic (exact) mass is 393 g/mol. The second kappa shape index (κ2) is 10.2. The van der Waals surface area contributed by atoms with Crippen LogP contribution in [0.5, 0.6) is 0 Å². The zero-order chi connectivity index (χ0) is 20.6. The summed E-state index contributed by atoms with van der Waals surface area (Å²) in [6, 6.07) is 11.2. The number of hydrogen-bond donors (Lipinski definition) is 1. The van der Waals surface area contributed by atoms with Crippen LogP contribution in [0.25, 0.3) is 17.0 Å². The fourth-order valence-electron chi connectivity index (χ4n) is 3.37. The molecule has 0 saturated carbocycles. The van der Waals surface area contributed by atoms with Crippen molar-refractivity contribution in [3.05, 3.63) is 58.6 Å². The molecule has 0 spiro atoms. The van der Waals surface area contributed by atoms with E-state index in [2.05, 4.69) is 34.0 Å². The van der Waals surface area contributed by atoms with Gasteiger partial charge in [0.2, 0.25) is 0 Å². The average molecular weight is 394 g/mol. The van der Waals surface area contributed by atoms with E-state index in [4.69, 9.17) is 0 Å². The number of aryl methyl sites for hydroxylation is 1. The summed E-state index contributed by atoms with van der Waals surface area (Å²) in [7, 11) is 0. The molecule has 4 heterocycles. The molecule has 154 valence electrons. The predicted molar refractivity (Wildman–Crippen MR) is 120 cm³/mol. The molecule has 0 aliphatic carbocycles. The van der Waals surface area contributed by atoms with Gasteiger partial charge in [0.1, 0.15) is 5.65 Å². The summed E-state index contributed by atoms with van der Waals surface area (Å²) in [5, 5.41) is 3.33. The Morgan fingerprint density at radius 3 is 2.41 bits per heavy atom. The lowest BCUT2D eigenvalue weighted by atomic mass is 10.2. The van der Waals surface area contributed by atoms with Crippen molar-refractivity contribution in [2.45, 2.75) is 40.0 Å². The van der Waals surface area contributed by atoms with Crippen LogP contribution in [0.4, 0.5) is 5.69 Å². The Kier molecular flexibility index (Phi) is 7.36. The first-order chi connectivity index (χ1) is 14.1. The molecule has 3 aromatic heterocycles. The summed E-state index contributed by atoms with van der Waals surface area (Å²) in [5.74, 6) is 0. The summed E-state index contributed by atoms with van der Waals surface area (Å²) in [5.41, 5.74) is 3.84. The number of rotatable bonds is 4. The maximum Gasteiger partial charge on any atom is 0.258 e. The average Bonchev–Trinajstić information content (AvgIpc) is 2.75. The Morgan fingerprint density at radius 2 is 1.76 bits per heavy atom. The number of unbranched alkanes of at least 4 members (excludes halogenated alkanes) is 2. The van der Waals surface area contributed by atoms with E-state index in [-0.39, 0.29) is 5.56 Å². The quantitative estimate of drug-likeness (QED) is 0.733. The maximum atomic E-state index is 12.6. The molecule has 4 rings (SSSR count). The SMILES string of the molecule is CCCCC.Cc1cccc(-c2cc(=O)n3cc(N4CCNCC4)ccc3n2)n1. The van der Waals surface area contributed by atoms with Crippen molar-refractivity contribution < 1.29 is 0 Å². The Labute approximate surface area is 172 Å². The molecule has 1 N–H and O–H groups in total. The fourth-order valence-corrected chi connectivity index (χ4v) is 3.37. The van der Waals surface area contributed by atoms with Crippen LogP contribution in [0, 0.1) is 6.92 Å². The highest BCUT2D eigenvalue weighted by Gasteiger charge is 2.12. The number of nitrogens with one attached hydrogen (secondary N) is 1. The number of anilines is 1. The number of nitrogens with zero attached hydrogens (tertiary/aromatic N) is 4. The van der Waals surface area contributed by atoms with Crippen LogP contribution >= 0.6 is 0 Å². The molecular formula is C23H31N5O. The summed E-state index contributed by atoms with van der Waals surface area (Å²) in [4.78, 5) is 23.9. The van der Waals surface area contributed by atoms with E-state index in [0.29, 0.717) is 11.3 Å². The van der Waals surface area contributed by atoms with E-state index in [0.717, 1.165) is 43.3 Å². The molecule has 0 atom stereocenters. The molecule has 0 bridgehead atoms. The molecule has 0 unspecified atom stereocenters. The highest BCUT2D eigenvalue weighted by molar-refractivity contribution is 5.59. The van der Waals surface area contributed by atoms with Crippen molar-refractivity contribution in [3.8, 4) is 11.4 Å². The molecule has 1 saturated heterocycles. The first-order valence-corrected chi connectivity index (χ1v) is 10.6. The van der Waals surface area contributed by atoms with Crippen molar-refractivity contribution in [2.75, 3.05) is 31.1 Å². The highest BCUT2D eigenvalue weighted by Crippen LogP contribution is 2.18. The van der Waals surface area contributed by atoms with Crippen LogP contribution in [0.15, 0.2) is 47.4 Å². The minimum Gasteiger partial charge on any atom is -0.368 e. The Balaban J connectivity index is 0.000000431. The third-order valence-electron chi connectivity index (χ3n) is 4.98. The van der Waals surface area contributed by atoms with Crippen molar-refractivity contribution in [1.29, 1.82) is 0 Å². The van der Waals surface area contributed by atoms with Crippen LogP contribution in [-0.2, 0) is 0 Å². The molecule has 1 aliphatic heterocycles. The van der Waals surface area contributed by atoms with E-state index in [9.17, 15) is 4.79 Å². The zero-order valence-corrected chi connectivity index (χ0v) is 17.7. The van der Waals surface area contributed by atoms with Gasteiger partial charge in [-0.2, -0.15) is 0 Å². The smallest absolute Gasteiger partial charge is 0.258 e. The molecule has 1 fully saturated rings. The number of aromatic nitrogens is 3. The van der Waals surface area contributed by atoms with E-state index >= 15 is 0 Å². The predicted octanol–water partition coefficient (Wildman–Crippen LogP) is 3.67. The van der Waals surface area contributed by atoms with Crippen molar-refractivity contribution >= 4 is 11.3 Å². The molecule has 0 radical (unpaired) electrons. The van der Waals surface area contributed by atoms with E-state index in [1.807, 2.05) is 43.5 Å². The minimum atomic E-state index is -0.0877. The fraction of sp³-hybridized carbons (Fsp3) is 0.435. The molecule has 0 amide bonds. The third-order valence-corrected chi connectivity index (χ3v) is 4.98. The van der Waals surface area contributed by atoms with Gasteiger partial charge in [-0.15, -0.1) is 0 Å². The topological polar surface area (TPSA) is 62.5 Å². The van der Waals surface area contributed by atoms with Crippen molar-refractivity contribution in [3.63, 3.8) is 0 Å². The van der Waals surface area contributed by atoms with E-state index < -0.39 is 0 Å². The Hall–Kier alpha value is -2.73. The first-order valence-electron chi connectivity index (χ1n) is 10.6. The lowest BCUT2D eigenvalue weighted by Gasteiger charge is -2.29. The van der Waals surface area contributed by atoms with Gasteiger partial charge in [0.15, 0.2) is 0 Å². The third kappa shape index (κ3) is 5.41. The van der Waals surface area contributed by atoms with Crippen molar-refractivity contribution in [2.24, 2.45) is 0 Å². The van der Waals surface area contributed by atoms with Gasteiger partial charge < -0.3 is 10.2 Å². The van der Waals surface area contributed by atoms with Gasteiger partial charge in [0.25, 0.3) is 5.56 Å². The highest BCUT2D eigenvalue weighted by atomic mass is 16.1. The summed E-state index contributed by atoms with van der Waals surface area (Å²) in [6.07, 6.45) is 5.95. The molecule has 1 aliphatic rings. The zero-order valence-electron chi connectivity index (χ0n) is 17.7. The molecular weight excluding hydrogens is 362 g/mol. The van der Waals surface area contributed by atoms with Gasteiger partial charge in [0, 0.05) is 44.1 Å². The van der Waals surface area contributed by atoms with Gasteiger partial charge in [-0.3, -0.25) is 14.2 Å². The lowest BCUT2D eigenvalue weighted by Crippen LogP contribution is -2.43. The lowest BCUT2D eigenvalue weighted by molar-refractivity contribution is 0.588. The number of fused-ring (bicyclic) bond motifs is 1. The second-order valence-corrected chi connectivity index (χ2v) is 7.35. The largest absolute Gasteiger partial charge is 0.368 e. The second-order valence-electron chi connectivity index (χ2n) is 7.35. The normalized spacial score (nSPS) is 13.8. The van der Waals surface area contributed by atoms with Gasteiger partial charge in [0.05, 0.1) is 17.1 Å². The summed E-state index contributed by atoms with van der Waals surface area (Å²) >= 11 is 0. The standard InChI is InChI=1S/C18H19N5O.C5H12/c1-13-3-2-4-15(20-13)16-11-18(24)23-12-14(5-6-17(23)21-16)22-9-7-19-8-10-22;1-3-5-4-2/h2-6,11-12,19H,7-10H2,1H3;3-5H2,1-2H3. The van der Waals surface area contributed by atoms with Crippen LogP contribution in [0.1, 0.15) is 38.8 Å². The first kappa shape index (κ1) is 21.0. The maximum absolute atomic E-state index is 12.6. The van der Waals surface area contributed by atoms with Gasteiger partial charge in [-0.1, -0.05) is 39.2 Å². The molecule has 29 heavy (non-hydrogen) atoms. The van der Waals surface area contributed by atoms with Crippen LogP contribution in [0.3, 0.4) is 0 Å². The molecule has 6 nitrogen and oxygen atoms in total. The Morgan fingerprint density at radius 1 is 1.00 bits per heavy atom. The number of pyridine rings is 2. The van der Waals surface area contributed by atoms with Crippen LogP contribution in [0.2, 0.25) is 0 Å². The van der Waals surface area contributed by atoms with E-state index in [1.165, 1.54) is 19.3 Å². The van der Waals surface area contributed by atoms with Crippen molar-refractivity contribution in [1.82, 2.24) is 19.7 Å². The van der Waals surface area contributed by atoms with E-state index in [1.54, 1.807) is 10.5 Å². The Bertz CT molecular complexity index is 990. The van der Waals surface area contributed by atoms with Crippen LogP contribution < -0.4 is 15.8 Å². The molecule has 0 aromatic carbocycles. The summed E-state index contributed by atoms with van der Waals surface area (Å²) in [6.45, 7) is 10.2. The minimum absolute atomic E-state index is 0.0877. The van der Waals surface area contributed by atoms with Gasteiger partial charge in [-0.25, -0.2) is 4.98 Å².